The van der Waals surface area contributed by atoms with Gasteiger partial charge in [0.2, 0.25) is 5.85 Å². The highest BCUT2D eigenvalue weighted by molar-refractivity contribution is 7.54. The third kappa shape index (κ3) is 2.42. The smallest absolute Gasteiger partial charge is 0.362 e. The zero-order valence-electron chi connectivity index (χ0n) is 6.03. The van der Waals surface area contributed by atoms with Crippen LogP contribution in [0, 0.1) is 5.85 Å². The van der Waals surface area contributed by atoms with Gasteiger partial charge < -0.3 is 19.5 Å². The fourth-order valence-electron chi connectivity index (χ4n) is 0.636. The molecule has 0 aliphatic heterocycles. The molecule has 1 radical (unpaired) electrons. The first-order chi connectivity index (χ1) is 5.50. The normalized spacial score (nSPS) is 12.3. The number of hydrogen-bond acceptors (Lipinski definition) is 3. The van der Waals surface area contributed by atoms with Crippen molar-refractivity contribution in [3.05, 3.63) is 24.6 Å². The van der Waals surface area contributed by atoms with Crippen LogP contribution in [0.1, 0.15) is 0 Å². The van der Waals surface area contributed by atoms with E-state index in [9.17, 15) is 4.57 Å². The summed E-state index contributed by atoms with van der Waals surface area (Å²) in [6.07, 6.45) is 4.30. The molecular formula is C5H8N2O4P. The molecule has 1 heterocycles. The van der Waals surface area contributed by atoms with Crippen LogP contribution in [-0.2, 0) is 11.1 Å². The summed E-state index contributed by atoms with van der Waals surface area (Å²) in [6, 6.07) is 0. The summed E-state index contributed by atoms with van der Waals surface area (Å²) in [6.45, 7) is -0.232. The Hall–Kier alpha value is -0.680. The second-order valence-electron chi connectivity index (χ2n) is 2.20. The number of nitrogens with zero attached hydrogens (tertiary/aromatic N) is 2. The molecule has 0 aliphatic carbocycles. The van der Waals surface area contributed by atoms with E-state index in [-0.39, 0.29) is 6.54 Å². The molecule has 1 aromatic heterocycles. The highest BCUT2D eigenvalue weighted by Gasteiger charge is 2.27. The maximum absolute atomic E-state index is 10.4. The molecule has 0 saturated heterocycles. The van der Waals surface area contributed by atoms with E-state index in [1.807, 2.05) is 0 Å². The predicted molar refractivity (Wildman–Crippen MR) is 39.4 cm³/mol. The van der Waals surface area contributed by atoms with Crippen molar-refractivity contribution in [3.63, 3.8) is 0 Å². The average Bonchev–Trinajstić information content (AvgIpc) is 2.37. The van der Waals surface area contributed by atoms with Crippen LogP contribution in [-0.4, -0.2) is 24.4 Å². The molecule has 0 unspecified atom stereocenters. The molecule has 0 atom stereocenters. The first-order valence-corrected chi connectivity index (χ1v) is 4.68. The molecule has 0 aliphatic rings. The minimum absolute atomic E-state index is 0.232. The lowest BCUT2D eigenvalue weighted by molar-refractivity contribution is 0.267. The topological polar surface area (TPSA) is 95.6 Å². The van der Waals surface area contributed by atoms with Gasteiger partial charge in [0.25, 0.3) is 0 Å². The van der Waals surface area contributed by atoms with E-state index in [2.05, 4.69) is 4.98 Å². The first kappa shape index (κ1) is 9.41. The van der Waals surface area contributed by atoms with Crippen LogP contribution in [0.15, 0.2) is 18.7 Å². The van der Waals surface area contributed by atoms with E-state index in [1.165, 1.54) is 23.3 Å². The average molecular weight is 191 g/mol. The Morgan fingerprint density at radius 2 is 2.25 bits per heavy atom. The fraction of sp³-hybridized carbons (Fsp3) is 0.200. The summed E-state index contributed by atoms with van der Waals surface area (Å²) in [4.78, 5) is 20.6. The van der Waals surface area contributed by atoms with Crippen molar-refractivity contribution in [2.24, 2.45) is 0 Å². The molecule has 0 spiro atoms. The number of aliphatic hydroxyl groups is 1. The van der Waals surface area contributed by atoms with Gasteiger partial charge >= 0.3 is 7.60 Å². The van der Waals surface area contributed by atoms with Crippen LogP contribution in [0.4, 0.5) is 0 Å². The van der Waals surface area contributed by atoms with Crippen molar-refractivity contribution in [3.8, 4) is 0 Å². The van der Waals surface area contributed by atoms with Crippen LogP contribution in [0.25, 0.3) is 0 Å². The van der Waals surface area contributed by atoms with E-state index in [0.717, 1.165) is 0 Å². The summed E-state index contributed by atoms with van der Waals surface area (Å²) in [5.41, 5.74) is 0. The zero-order valence-corrected chi connectivity index (χ0v) is 6.93. The van der Waals surface area contributed by atoms with Gasteiger partial charge in [-0.1, -0.05) is 0 Å². The molecule has 0 saturated carbocycles. The van der Waals surface area contributed by atoms with Crippen molar-refractivity contribution in [1.82, 2.24) is 9.55 Å². The summed E-state index contributed by atoms with van der Waals surface area (Å²) in [5, 5.41) is 8.86. The molecule has 0 bridgehead atoms. The highest BCUT2D eigenvalue weighted by Crippen LogP contribution is 2.45. The van der Waals surface area contributed by atoms with Gasteiger partial charge in [-0.2, -0.15) is 0 Å². The molecule has 6 nitrogen and oxygen atoms in total. The Kier molecular flexibility index (Phi) is 2.64. The Morgan fingerprint density at radius 3 is 2.67 bits per heavy atom. The largest absolute Gasteiger partial charge is 0.373 e. The van der Waals surface area contributed by atoms with Gasteiger partial charge in [-0.3, -0.25) is 4.57 Å². The van der Waals surface area contributed by atoms with E-state index < -0.39 is 13.4 Å². The van der Waals surface area contributed by atoms with Gasteiger partial charge in [0, 0.05) is 12.4 Å². The third-order valence-electron chi connectivity index (χ3n) is 1.22. The zero-order chi connectivity index (χ0) is 9.19. The van der Waals surface area contributed by atoms with Gasteiger partial charge in [0.05, 0.1) is 12.9 Å². The Bertz CT molecular complexity index is 280. The molecule has 12 heavy (non-hydrogen) atoms. The number of imidazole rings is 1. The fourth-order valence-corrected chi connectivity index (χ4v) is 0.983. The van der Waals surface area contributed by atoms with E-state index in [4.69, 9.17) is 14.9 Å². The van der Waals surface area contributed by atoms with Crippen molar-refractivity contribution < 1.29 is 19.5 Å². The number of aliphatic hydroxyl groups excluding tert-OH is 1. The summed E-state index contributed by atoms with van der Waals surface area (Å²) >= 11 is 0. The van der Waals surface area contributed by atoms with Gasteiger partial charge in [-0.15, -0.1) is 0 Å². The molecule has 0 amide bonds. The monoisotopic (exact) mass is 191 g/mol. The molecule has 7 heteroatoms. The maximum Gasteiger partial charge on any atom is 0.362 e. The first-order valence-electron chi connectivity index (χ1n) is 3.07. The minimum Gasteiger partial charge on any atom is -0.373 e. The Labute approximate surface area is 68.6 Å². The number of hydrogen-bond donors (Lipinski definition) is 3. The highest BCUT2D eigenvalue weighted by atomic mass is 31.2. The van der Waals surface area contributed by atoms with Gasteiger partial charge in [0.1, 0.15) is 0 Å². The van der Waals surface area contributed by atoms with Crippen molar-refractivity contribution in [2.45, 2.75) is 6.54 Å². The van der Waals surface area contributed by atoms with Crippen LogP contribution < -0.4 is 0 Å². The van der Waals surface area contributed by atoms with Crippen LogP contribution in [0.2, 0.25) is 0 Å². The number of rotatable bonds is 3. The minimum atomic E-state index is -4.47. The summed E-state index contributed by atoms with van der Waals surface area (Å²) in [7, 11) is -4.47. The lowest BCUT2D eigenvalue weighted by Gasteiger charge is -2.10. The Balaban J connectivity index is 2.59. The van der Waals surface area contributed by atoms with Crippen molar-refractivity contribution >= 4 is 7.60 Å². The number of aromatic nitrogens is 2. The molecule has 3 N–H and O–H groups in total. The van der Waals surface area contributed by atoms with Gasteiger partial charge in [-0.25, -0.2) is 4.98 Å². The van der Waals surface area contributed by atoms with Gasteiger partial charge in [-0.05, 0) is 0 Å². The molecule has 1 aromatic rings. The lowest BCUT2D eigenvalue weighted by Crippen LogP contribution is -2.06. The second-order valence-corrected chi connectivity index (χ2v) is 3.80. The van der Waals surface area contributed by atoms with E-state index in [1.54, 1.807) is 0 Å². The van der Waals surface area contributed by atoms with E-state index in [0.29, 0.717) is 0 Å². The van der Waals surface area contributed by atoms with Gasteiger partial charge in [0.15, 0.2) is 0 Å². The van der Waals surface area contributed by atoms with E-state index >= 15 is 0 Å². The van der Waals surface area contributed by atoms with Crippen LogP contribution >= 0.6 is 7.60 Å². The van der Waals surface area contributed by atoms with Crippen LogP contribution in [0.5, 0.6) is 0 Å². The lowest BCUT2D eigenvalue weighted by atomic mass is 10.6. The molecular weight excluding hydrogens is 183 g/mol. The summed E-state index contributed by atoms with van der Waals surface area (Å²) in [5.74, 6) is -0.861. The molecule has 1 rings (SSSR count). The second kappa shape index (κ2) is 3.37. The standard InChI is InChI=1S/C5H8N2O4P/c8-5(12(9,10)11)3-7-2-1-6-4-7/h1-2,4,8H,3H2,(H2,9,10,11). The SMILES string of the molecule is O=P(O)(O)[C](O)Cn1ccnc1. The quantitative estimate of drug-likeness (QED) is 0.581. The van der Waals surface area contributed by atoms with Crippen molar-refractivity contribution in [1.29, 1.82) is 0 Å². The third-order valence-corrected chi connectivity index (χ3v) is 2.03. The van der Waals surface area contributed by atoms with Crippen LogP contribution in [0.3, 0.4) is 0 Å². The molecule has 67 valence electrons. The van der Waals surface area contributed by atoms with Crippen molar-refractivity contribution in [2.75, 3.05) is 0 Å². The maximum atomic E-state index is 10.4. The predicted octanol–water partition coefficient (Wildman–Crippen LogP) is -0.0772. The molecule has 0 aromatic carbocycles. The summed E-state index contributed by atoms with van der Waals surface area (Å²) < 4.78 is 11.8. The Morgan fingerprint density at radius 1 is 1.58 bits per heavy atom. The molecule has 0 fully saturated rings.